The molecule has 1 aliphatic heterocycles. The zero-order valence-corrected chi connectivity index (χ0v) is 12.7. The molecule has 1 aliphatic rings. The molecule has 23 heavy (non-hydrogen) atoms. The molecule has 0 saturated heterocycles. The lowest BCUT2D eigenvalue weighted by molar-refractivity contribution is 0.0928. The van der Waals surface area contributed by atoms with Crippen LogP contribution in [-0.2, 0) is 0 Å². The highest BCUT2D eigenvalue weighted by atomic mass is 16.2. The molecule has 5 heteroatoms. The van der Waals surface area contributed by atoms with Crippen LogP contribution in [0, 0.1) is 0 Å². The Balaban J connectivity index is 1.70. The molecule has 1 atom stereocenters. The van der Waals surface area contributed by atoms with Crippen molar-refractivity contribution in [2.75, 3.05) is 11.9 Å². The molecule has 2 aromatic carbocycles. The third-order valence-corrected chi connectivity index (χ3v) is 4.12. The van der Waals surface area contributed by atoms with Gasteiger partial charge >= 0.3 is 0 Å². The molecule has 0 aliphatic carbocycles. The summed E-state index contributed by atoms with van der Waals surface area (Å²) in [5, 5.41) is 7.45. The van der Waals surface area contributed by atoms with Crippen molar-refractivity contribution in [2.45, 2.75) is 6.17 Å². The summed E-state index contributed by atoms with van der Waals surface area (Å²) in [6.07, 6.45) is 3.52. The van der Waals surface area contributed by atoms with Gasteiger partial charge < -0.3 is 10.2 Å². The number of hydrogen-bond acceptors (Lipinski definition) is 3. The lowest BCUT2D eigenvalue weighted by Gasteiger charge is -2.35. The van der Waals surface area contributed by atoms with E-state index < -0.39 is 0 Å². The van der Waals surface area contributed by atoms with E-state index in [2.05, 4.69) is 15.3 Å². The smallest absolute Gasteiger partial charge is 0.255 e. The minimum Gasteiger partial charge on any atom is -0.350 e. The predicted molar refractivity (Wildman–Crippen MR) is 88.6 cm³/mol. The molecule has 1 amide bonds. The van der Waals surface area contributed by atoms with Gasteiger partial charge in [-0.05, 0) is 24.3 Å². The van der Waals surface area contributed by atoms with Crippen LogP contribution in [0.4, 0.5) is 5.69 Å². The number of amides is 1. The Morgan fingerprint density at radius 3 is 2.61 bits per heavy atom. The molecule has 0 saturated carbocycles. The van der Waals surface area contributed by atoms with E-state index in [1.54, 1.807) is 6.20 Å². The molecule has 0 bridgehead atoms. The Hall–Kier alpha value is -3.08. The Labute approximate surface area is 134 Å². The number of carbonyl (C=O) groups is 1. The molecule has 1 N–H and O–H groups in total. The van der Waals surface area contributed by atoms with Crippen LogP contribution in [0.2, 0.25) is 0 Å². The minimum atomic E-state index is -0.227. The summed E-state index contributed by atoms with van der Waals surface area (Å²) in [7, 11) is 1.97. The first-order valence-corrected chi connectivity index (χ1v) is 7.47. The average molecular weight is 304 g/mol. The summed E-state index contributed by atoms with van der Waals surface area (Å²) in [6.45, 7) is 0. The van der Waals surface area contributed by atoms with E-state index >= 15 is 0 Å². The second-order valence-electron chi connectivity index (χ2n) is 5.56. The molecule has 1 unspecified atom stereocenters. The van der Waals surface area contributed by atoms with Crippen molar-refractivity contribution in [1.29, 1.82) is 0 Å². The fourth-order valence-corrected chi connectivity index (χ4v) is 2.92. The summed E-state index contributed by atoms with van der Waals surface area (Å²) >= 11 is 0. The summed E-state index contributed by atoms with van der Waals surface area (Å²) in [6, 6.07) is 17.5. The highest BCUT2D eigenvalue weighted by Crippen LogP contribution is 2.31. The highest BCUT2D eigenvalue weighted by molar-refractivity contribution is 6.01. The van der Waals surface area contributed by atoms with Crippen LogP contribution in [0.5, 0.6) is 0 Å². The van der Waals surface area contributed by atoms with Crippen LogP contribution in [0.15, 0.2) is 67.0 Å². The lowest BCUT2D eigenvalue weighted by atomic mass is 10.1. The summed E-state index contributed by atoms with van der Waals surface area (Å²) in [5.41, 5.74) is 3.55. The second-order valence-corrected chi connectivity index (χ2v) is 5.56. The Morgan fingerprint density at radius 2 is 1.78 bits per heavy atom. The first-order valence-electron chi connectivity index (χ1n) is 7.47. The van der Waals surface area contributed by atoms with Crippen LogP contribution in [0.1, 0.15) is 22.1 Å². The predicted octanol–water partition coefficient (Wildman–Crippen LogP) is 2.75. The number of fused-ring (bicyclic) bond motifs is 1. The van der Waals surface area contributed by atoms with E-state index in [1.165, 1.54) is 0 Å². The van der Waals surface area contributed by atoms with Crippen LogP contribution in [-0.4, -0.2) is 22.7 Å². The molecule has 114 valence electrons. The first kappa shape index (κ1) is 13.6. The maximum atomic E-state index is 12.3. The topological polar surface area (TPSA) is 50.2 Å². The number of benzene rings is 2. The van der Waals surface area contributed by atoms with E-state index in [9.17, 15) is 4.79 Å². The summed E-state index contributed by atoms with van der Waals surface area (Å²) in [4.78, 5) is 14.4. The van der Waals surface area contributed by atoms with Crippen LogP contribution in [0.25, 0.3) is 5.69 Å². The maximum Gasteiger partial charge on any atom is 0.255 e. The summed E-state index contributed by atoms with van der Waals surface area (Å²) in [5.74, 6) is -0.0591. The largest absolute Gasteiger partial charge is 0.350 e. The molecule has 0 radical (unpaired) electrons. The standard InChI is InChI=1S/C18H16N4O/c1-21-16-10-6-5-9-15(16)18(23)20-17(21)13-11-19-22(12-13)14-7-3-2-4-8-14/h2-12,17H,1H3,(H,20,23). The van der Waals surface area contributed by atoms with Crippen molar-refractivity contribution in [3.05, 3.63) is 78.1 Å². The van der Waals surface area contributed by atoms with Crippen molar-refractivity contribution in [3.63, 3.8) is 0 Å². The maximum absolute atomic E-state index is 12.3. The number of hydrogen-bond donors (Lipinski definition) is 1. The fraction of sp³-hybridized carbons (Fsp3) is 0.111. The van der Waals surface area contributed by atoms with Gasteiger partial charge in [-0.2, -0.15) is 5.10 Å². The molecule has 4 rings (SSSR count). The van der Waals surface area contributed by atoms with Crippen molar-refractivity contribution in [3.8, 4) is 5.69 Å². The average Bonchev–Trinajstić information content (AvgIpc) is 3.09. The van der Waals surface area contributed by atoms with Crippen LogP contribution in [0.3, 0.4) is 0 Å². The van der Waals surface area contributed by atoms with Gasteiger partial charge in [0.1, 0.15) is 6.17 Å². The monoisotopic (exact) mass is 304 g/mol. The van der Waals surface area contributed by atoms with Gasteiger partial charge in [0.15, 0.2) is 0 Å². The van der Waals surface area contributed by atoms with E-state index in [0.717, 1.165) is 16.9 Å². The molecule has 1 aromatic heterocycles. The zero-order valence-electron chi connectivity index (χ0n) is 12.7. The van der Waals surface area contributed by atoms with Gasteiger partial charge in [-0.15, -0.1) is 0 Å². The van der Waals surface area contributed by atoms with E-state index in [4.69, 9.17) is 0 Å². The third-order valence-electron chi connectivity index (χ3n) is 4.12. The van der Waals surface area contributed by atoms with Gasteiger partial charge in [0.05, 0.1) is 23.1 Å². The molecule has 0 fully saturated rings. The Kier molecular flexibility index (Phi) is 3.12. The van der Waals surface area contributed by atoms with E-state index in [-0.39, 0.29) is 12.1 Å². The number of para-hydroxylation sites is 2. The van der Waals surface area contributed by atoms with Gasteiger partial charge in [0, 0.05) is 18.8 Å². The number of carbonyl (C=O) groups excluding carboxylic acids is 1. The Morgan fingerprint density at radius 1 is 1.04 bits per heavy atom. The molecular formula is C18H16N4O. The molecular weight excluding hydrogens is 288 g/mol. The third kappa shape index (κ3) is 2.26. The molecule has 5 nitrogen and oxygen atoms in total. The zero-order chi connectivity index (χ0) is 15.8. The van der Waals surface area contributed by atoms with Crippen LogP contribution >= 0.6 is 0 Å². The SMILES string of the molecule is CN1c2ccccc2C(=O)NC1c1cnn(-c2ccccc2)c1. The van der Waals surface area contributed by atoms with Gasteiger partial charge in [-0.3, -0.25) is 4.79 Å². The highest BCUT2D eigenvalue weighted by Gasteiger charge is 2.29. The normalized spacial score (nSPS) is 16.8. The van der Waals surface area contributed by atoms with E-state index in [0.29, 0.717) is 5.56 Å². The number of nitrogens with one attached hydrogen (secondary N) is 1. The fourth-order valence-electron chi connectivity index (χ4n) is 2.92. The first-order chi connectivity index (χ1) is 11.2. The minimum absolute atomic E-state index is 0.0591. The van der Waals surface area contributed by atoms with Crippen LogP contribution < -0.4 is 10.2 Å². The quantitative estimate of drug-likeness (QED) is 0.792. The van der Waals surface area contributed by atoms with Gasteiger partial charge in [0.2, 0.25) is 0 Å². The lowest BCUT2D eigenvalue weighted by Crippen LogP contribution is -2.44. The number of nitrogens with zero attached hydrogens (tertiary/aromatic N) is 3. The second kappa shape index (κ2) is 5.28. The molecule has 3 aromatic rings. The van der Waals surface area contributed by atoms with Crippen molar-refractivity contribution in [2.24, 2.45) is 0 Å². The Bertz CT molecular complexity index is 856. The number of rotatable bonds is 2. The molecule has 2 heterocycles. The van der Waals surface area contributed by atoms with Crippen molar-refractivity contribution < 1.29 is 4.79 Å². The van der Waals surface area contributed by atoms with Gasteiger partial charge in [0.25, 0.3) is 5.91 Å². The number of anilines is 1. The molecule has 0 spiro atoms. The van der Waals surface area contributed by atoms with Crippen molar-refractivity contribution >= 4 is 11.6 Å². The number of aromatic nitrogens is 2. The van der Waals surface area contributed by atoms with E-state index in [1.807, 2.05) is 72.5 Å². The van der Waals surface area contributed by atoms with Gasteiger partial charge in [-0.1, -0.05) is 30.3 Å². The summed E-state index contributed by atoms with van der Waals surface area (Å²) < 4.78 is 1.82. The van der Waals surface area contributed by atoms with Crippen molar-refractivity contribution in [1.82, 2.24) is 15.1 Å². The van der Waals surface area contributed by atoms with Gasteiger partial charge in [-0.25, -0.2) is 4.68 Å².